The molecule has 11 heteroatoms. The highest BCUT2D eigenvalue weighted by Crippen LogP contribution is 2.21. The van der Waals surface area contributed by atoms with Gasteiger partial charge in [0, 0.05) is 24.0 Å². The van der Waals surface area contributed by atoms with E-state index in [0.29, 0.717) is 24.5 Å². The number of rotatable bonds is 8. The molecule has 3 amide bonds. The molecule has 0 saturated carbocycles. The zero-order chi connectivity index (χ0) is 23.8. The summed E-state index contributed by atoms with van der Waals surface area (Å²) in [4.78, 5) is 26.1. The van der Waals surface area contributed by atoms with Crippen molar-refractivity contribution in [3.05, 3.63) is 54.6 Å². The third-order valence-electron chi connectivity index (χ3n) is 5.33. The van der Waals surface area contributed by atoms with E-state index in [2.05, 4.69) is 16.0 Å². The average Bonchev–Trinajstić information content (AvgIpc) is 2.79. The predicted octanol–water partition coefficient (Wildman–Crippen LogP) is 3.30. The van der Waals surface area contributed by atoms with Crippen molar-refractivity contribution in [1.29, 1.82) is 0 Å². The van der Waals surface area contributed by atoms with Crippen LogP contribution < -0.4 is 16.0 Å². The van der Waals surface area contributed by atoms with E-state index >= 15 is 0 Å². The SMILES string of the molecule is O=C(CN1CCCCC1CNC(=O)Nc1ccccc1)Nc1ccc(S(=O)(=O)C(F)F)cc1. The van der Waals surface area contributed by atoms with E-state index in [1.807, 2.05) is 23.1 Å². The number of hydrogen-bond acceptors (Lipinski definition) is 5. The molecule has 1 heterocycles. The second kappa shape index (κ2) is 11.2. The number of hydrogen-bond donors (Lipinski definition) is 3. The van der Waals surface area contributed by atoms with Crippen LogP contribution in [0.4, 0.5) is 25.0 Å². The molecule has 0 aliphatic carbocycles. The first-order chi connectivity index (χ1) is 15.8. The minimum Gasteiger partial charge on any atom is -0.336 e. The van der Waals surface area contributed by atoms with Crippen molar-refractivity contribution in [3.63, 3.8) is 0 Å². The van der Waals surface area contributed by atoms with Gasteiger partial charge in [0.2, 0.25) is 15.7 Å². The average molecular weight is 481 g/mol. The molecule has 3 N–H and O–H groups in total. The number of anilines is 2. The third-order valence-corrected chi connectivity index (χ3v) is 6.73. The van der Waals surface area contributed by atoms with E-state index in [1.165, 1.54) is 12.1 Å². The van der Waals surface area contributed by atoms with Crippen molar-refractivity contribution in [2.24, 2.45) is 0 Å². The Hall–Kier alpha value is -3.05. The third kappa shape index (κ3) is 6.96. The molecule has 1 saturated heterocycles. The van der Waals surface area contributed by atoms with Gasteiger partial charge in [-0.05, 0) is 55.8 Å². The fourth-order valence-electron chi connectivity index (χ4n) is 3.62. The fraction of sp³-hybridized carbons (Fsp3) is 0.364. The number of piperidine rings is 1. The van der Waals surface area contributed by atoms with E-state index < -0.39 is 20.5 Å². The highest BCUT2D eigenvalue weighted by Gasteiger charge is 2.27. The van der Waals surface area contributed by atoms with Crippen molar-refractivity contribution in [3.8, 4) is 0 Å². The number of carbonyl (C=O) groups is 2. The number of alkyl halides is 2. The zero-order valence-corrected chi connectivity index (χ0v) is 18.7. The van der Waals surface area contributed by atoms with Crippen molar-refractivity contribution in [2.75, 3.05) is 30.3 Å². The van der Waals surface area contributed by atoms with Crippen LogP contribution in [0.1, 0.15) is 19.3 Å². The van der Waals surface area contributed by atoms with Crippen molar-refractivity contribution < 1.29 is 26.8 Å². The van der Waals surface area contributed by atoms with Crippen molar-refractivity contribution in [2.45, 2.75) is 36.0 Å². The smallest absolute Gasteiger partial charge is 0.336 e. The molecule has 8 nitrogen and oxygen atoms in total. The number of benzene rings is 2. The maximum atomic E-state index is 12.6. The maximum Gasteiger partial charge on any atom is 0.341 e. The molecule has 33 heavy (non-hydrogen) atoms. The van der Waals surface area contributed by atoms with Crippen LogP contribution in [0.5, 0.6) is 0 Å². The lowest BCUT2D eigenvalue weighted by Gasteiger charge is -2.35. The Balaban J connectivity index is 1.51. The largest absolute Gasteiger partial charge is 0.341 e. The van der Waals surface area contributed by atoms with Gasteiger partial charge in [0.1, 0.15) is 0 Å². The molecule has 3 rings (SSSR count). The number of para-hydroxylation sites is 1. The zero-order valence-electron chi connectivity index (χ0n) is 17.8. The molecule has 0 bridgehead atoms. The van der Waals surface area contributed by atoms with Gasteiger partial charge in [-0.1, -0.05) is 24.6 Å². The summed E-state index contributed by atoms with van der Waals surface area (Å²) < 4.78 is 48.3. The fourth-order valence-corrected chi connectivity index (χ4v) is 4.34. The molecule has 1 aliphatic rings. The summed E-state index contributed by atoms with van der Waals surface area (Å²) in [6.07, 6.45) is 2.75. The van der Waals surface area contributed by atoms with E-state index in [1.54, 1.807) is 12.1 Å². The van der Waals surface area contributed by atoms with Crippen LogP contribution in [-0.4, -0.2) is 56.7 Å². The lowest BCUT2D eigenvalue weighted by atomic mass is 10.0. The minimum absolute atomic E-state index is 0.00964. The van der Waals surface area contributed by atoms with Gasteiger partial charge in [0.05, 0.1) is 11.4 Å². The van der Waals surface area contributed by atoms with E-state index in [9.17, 15) is 26.8 Å². The molecule has 0 spiro atoms. The Bertz CT molecular complexity index is 1050. The number of nitrogens with one attached hydrogen (secondary N) is 3. The van der Waals surface area contributed by atoms with Crippen LogP contribution in [0, 0.1) is 0 Å². The minimum atomic E-state index is -4.68. The second-order valence-corrected chi connectivity index (χ2v) is 9.62. The summed E-state index contributed by atoms with van der Waals surface area (Å²) in [5.74, 6) is -3.82. The Kier molecular flexibility index (Phi) is 8.34. The Labute approximate surface area is 191 Å². The van der Waals surface area contributed by atoms with Gasteiger partial charge in [-0.25, -0.2) is 13.2 Å². The van der Waals surface area contributed by atoms with Gasteiger partial charge in [0.25, 0.3) is 0 Å². The molecule has 0 radical (unpaired) electrons. The number of nitrogens with zero attached hydrogens (tertiary/aromatic N) is 1. The molecular weight excluding hydrogens is 454 g/mol. The van der Waals surface area contributed by atoms with E-state index in [4.69, 9.17) is 0 Å². The number of sulfone groups is 1. The van der Waals surface area contributed by atoms with Gasteiger partial charge < -0.3 is 16.0 Å². The standard InChI is InChI=1S/C22H26F2N4O4S/c23-21(24)33(31,32)19-11-9-17(10-12-19)26-20(29)15-28-13-5-4-8-18(28)14-25-22(30)27-16-6-2-1-3-7-16/h1-3,6-7,9-12,18,21H,4-5,8,13-15H2,(H,26,29)(H2,25,27,30). The summed E-state index contributed by atoms with van der Waals surface area (Å²) in [5.41, 5.74) is 0.990. The van der Waals surface area contributed by atoms with E-state index in [0.717, 1.165) is 31.4 Å². The number of urea groups is 1. The highest BCUT2D eigenvalue weighted by molar-refractivity contribution is 7.91. The molecule has 1 unspecified atom stereocenters. The topological polar surface area (TPSA) is 108 Å². The lowest BCUT2D eigenvalue weighted by molar-refractivity contribution is -0.118. The molecule has 178 valence electrons. The Morgan fingerprint density at radius 2 is 1.64 bits per heavy atom. The summed E-state index contributed by atoms with van der Waals surface area (Å²) >= 11 is 0. The number of likely N-dealkylation sites (tertiary alicyclic amines) is 1. The van der Waals surface area contributed by atoms with Crippen LogP contribution in [0.25, 0.3) is 0 Å². The van der Waals surface area contributed by atoms with Crippen LogP contribution in [0.3, 0.4) is 0 Å². The maximum absolute atomic E-state index is 12.6. The van der Waals surface area contributed by atoms with E-state index in [-0.39, 0.29) is 24.5 Å². The summed E-state index contributed by atoms with van der Waals surface area (Å²) in [6.45, 7) is 1.17. The predicted molar refractivity (Wildman–Crippen MR) is 121 cm³/mol. The van der Waals surface area contributed by atoms with Crippen molar-refractivity contribution in [1.82, 2.24) is 10.2 Å². The number of halogens is 2. The van der Waals surface area contributed by atoms with Gasteiger partial charge in [0.15, 0.2) is 0 Å². The van der Waals surface area contributed by atoms with Crippen LogP contribution in [-0.2, 0) is 14.6 Å². The molecule has 1 fully saturated rings. The summed E-state index contributed by atoms with van der Waals surface area (Å²) in [7, 11) is -4.68. The summed E-state index contributed by atoms with van der Waals surface area (Å²) in [6, 6.07) is 13.4. The Morgan fingerprint density at radius 1 is 0.970 bits per heavy atom. The van der Waals surface area contributed by atoms with Gasteiger partial charge >= 0.3 is 11.8 Å². The molecule has 1 aliphatic heterocycles. The first kappa shape index (κ1) is 24.6. The van der Waals surface area contributed by atoms with Gasteiger partial charge in [-0.3, -0.25) is 9.69 Å². The molecule has 2 aromatic rings. The number of carbonyl (C=O) groups excluding carboxylic acids is 2. The molecule has 1 atom stereocenters. The molecular formula is C22H26F2N4O4S. The second-order valence-electron chi connectivity index (χ2n) is 7.70. The normalized spacial score (nSPS) is 16.9. The van der Waals surface area contributed by atoms with Gasteiger partial charge in [-0.15, -0.1) is 0 Å². The Morgan fingerprint density at radius 3 is 2.30 bits per heavy atom. The summed E-state index contributed by atoms with van der Waals surface area (Å²) in [5, 5.41) is 8.25. The first-order valence-electron chi connectivity index (χ1n) is 10.5. The first-order valence-corrected chi connectivity index (χ1v) is 12.1. The highest BCUT2D eigenvalue weighted by atomic mass is 32.2. The van der Waals surface area contributed by atoms with Gasteiger partial charge in [-0.2, -0.15) is 8.78 Å². The quantitative estimate of drug-likeness (QED) is 0.537. The molecule has 0 aromatic heterocycles. The monoisotopic (exact) mass is 480 g/mol. The van der Waals surface area contributed by atoms with Crippen molar-refractivity contribution >= 4 is 33.2 Å². The number of amides is 3. The van der Waals surface area contributed by atoms with Crippen LogP contribution in [0.15, 0.2) is 59.5 Å². The molecule has 2 aromatic carbocycles. The lowest BCUT2D eigenvalue weighted by Crippen LogP contribution is -2.49. The van der Waals surface area contributed by atoms with Crippen LogP contribution >= 0.6 is 0 Å². The van der Waals surface area contributed by atoms with Crippen LogP contribution in [0.2, 0.25) is 0 Å².